The van der Waals surface area contributed by atoms with Crippen LogP contribution in [0.15, 0.2) is 30.8 Å². The van der Waals surface area contributed by atoms with Gasteiger partial charge in [-0.15, -0.1) is 0 Å². The van der Waals surface area contributed by atoms with Gasteiger partial charge in [0.1, 0.15) is 0 Å². The fourth-order valence-electron chi connectivity index (χ4n) is 2.65. The number of nitrogens with one attached hydrogen (secondary N) is 1. The van der Waals surface area contributed by atoms with Crippen LogP contribution in [0.5, 0.6) is 23.0 Å². The average molecular weight is 412 g/mol. The SMILES string of the molecule is C=C(c1cc(OC)c(OC)c(OC)c1)c1ccc(OC)c(C#CCCC(=O)NO)n1. The van der Waals surface area contributed by atoms with Crippen molar-refractivity contribution in [1.82, 2.24) is 10.5 Å². The summed E-state index contributed by atoms with van der Waals surface area (Å²) < 4.78 is 21.5. The lowest BCUT2D eigenvalue weighted by Crippen LogP contribution is -2.17. The average Bonchev–Trinajstić information content (AvgIpc) is 2.79. The van der Waals surface area contributed by atoms with Crippen LogP contribution >= 0.6 is 0 Å². The van der Waals surface area contributed by atoms with Gasteiger partial charge in [-0.1, -0.05) is 12.5 Å². The van der Waals surface area contributed by atoms with Crippen LogP contribution in [0, 0.1) is 11.8 Å². The first kappa shape index (κ1) is 22.6. The summed E-state index contributed by atoms with van der Waals surface area (Å²) in [5.41, 5.74) is 3.92. The Morgan fingerprint density at radius 2 is 1.70 bits per heavy atom. The molecule has 0 aliphatic rings. The molecule has 0 aliphatic carbocycles. The smallest absolute Gasteiger partial charge is 0.244 e. The number of pyridine rings is 1. The molecule has 0 bridgehead atoms. The molecule has 1 aromatic carbocycles. The Kier molecular flexibility index (Phi) is 8.08. The second-order valence-corrected chi connectivity index (χ2v) is 5.98. The molecule has 8 nitrogen and oxygen atoms in total. The lowest BCUT2D eigenvalue weighted by molar-refractivity contribution is -0.129. The number of benzene rings is 1. The van der Waals surface area contributed by atoms with E-state index in [9.17, 15) is 4.79 Å². The maximum atomic E-state index is 11.1. The molecule has 158 valence electrons. The zero-order valence-electron chi connectivity index (χ0n) is 17.4. The minimum absolute atomic E-state index is 0.0731. The number of aromatic nitrogens is 1. The van der Waals surface area contributed by atoms with E-state index in [1.807, 2.05) is 0 Å². The number of methoxy groups -OCH3 is 4. The van der Waals surface area contributed by atoms with Crippen molar-refractivity contribution < 1.29 is 28.9 Å². The van der Waals surface area contributed by atoms with E-state index in [4.69, 9.17) is 24.2 Å². The van der Waals surface area contributed by atoms with E-state index in [0.29, 0.717) is 40.0 Å². The van der Waals surface area contributed by atoms with Crippen molar-refractivity contribution in [2.24, 2.45) is 0 Å². The Balaban J connectivity index is 2.39. The minimum atomic E-state index is -0.506. The fraction of sp³-hybridized carbons (Fsp3) is 0.273. The van der Waals surface area contributed by atoms with E-state index in [1.54, 1.807) is 44.0 Å². The van der Waals surface area contributed by atoms with Gasteiger partial charge in [-0.2, -0.15) is 0 Å². The zero-order chi connectivity index (χ0) is 22.1. The summed E-state index contributed by atoms with van der Waals surface area (Å²) in [5, 5.41) is 8.53. The summed E-state index contributed by atoms with van der Waals surface area (Å²) in [6, 6.07) is 7.09. The topological polar surface area (TPSA) is 99.1 Å². The Morgan fingerprint density at radius 3 is 2.23 bits per heavy atom. The summed E-state index contributed by atoms with van der Waals surface area (Å²) >= 11 is 0. The predicted octanol–water partition coefficient (Wildman–Crippen LogP) is 2.81. The van der Waals surface area contributed by atoms with E-state index in [2.05, 4.69) is 23.4 Å². The number of rotatable bonds is 8. The van der Waals surface area contributed by atoms with E-state index in [1.165, 1.54) is 14.2 Å². The van der Waals surface area contributed by atoms with E-state index in [-0.39, 0.29) is 12.8 Å². The fourth-order valence-corrected chi connectivity index (χ4v) is 2.65. The van der Waals surface area contributed by atoms with Crippen molar-refractivity contribution in [2.45, 2.75) is 12.8 Å². The molecule has 0 saturated heterocycles. The maximum absolute atomic E-state index is 11.1. The third kappa shape index (κ3) is 5.21. The van der Waals surface area contributed by atoms with Crippen molar-refractivity contribution in [3.8, 4) is 34.8 Å². The molecule has 1 heterocycles. The number of hydroxylamine groups is 1. The minimum Gasteiger partial charge on any atom is -0.494 e. The first-order valence-electron chi connectivity index (χ1n) is 8.95. The van der Waals surface area contributed by atoms with Crippen LogP contribution in [-0.2, 0) is 4.79 Å². The van der Waals surface area contributed by atoms with Crippen molar-refractivity contribution in [1.29, 1.82) is 0 Å². The Morgan fingerprint density at radius 1 is 1.07 bits per heavy atom. The molecule has 30 heavy (non-hydrogen) atoms. The number of carbonyl (C=O) groups excluding carboxylic acids is 1. The summed E-state index contributed by atoms with van der Waals surface area (Å²) in [4.78, 5) is 15.6. The molecule has 0 spiro atoms. The van der Waals surface area contributed by atoms with Crippen LogP contribution in [0.3, 0.4) is 0 Å². The molecule has 0 unspecified atom stereocenters. The third-order valence-corrected chi connectivity index (χ3v) is 4.21. The summed E-state index contributed by atoms with van der Waals surface area (Å²) in [6.45, 7) is 4.14. The van der Waals surface area contributed by atoms with Gasteiger partial charge in [0.25, 0.3) is 0 Å². The van der Waals surface area contributed by atoms with E-state index < -0.39 is 5.91 Å². The van der Waals surface area contributed by atoms with Crippen molar-refractivity contribution in [3.63, 3.8) is 0 Å². The molecule has 0 atom stereocenters. The van der Waals surface area contributed by atoms with Crippen LogP contribution in [0.25, 0.3) is 5.57 Å². The monoisotopic (exact) mass is 412 g/mol. The van der Waals surface area contributed by atoms with Crippen LogP contribution in [-0.4, -0.2) is 44.5 Å². The molecule has 8 heteroatoms. The number of nitrogens with zero attached hydrogens (tertiary/aromatic N) is 1. The molecule has 2 aromatic rings. The number of ether oxygens (including phenoxy) is 4. The normalized spacial score (nSPS) is 9.77. The lowest BCUT2D eigenvalue weighted by atomic mass is 10.0. The van der Waals surface area contributed by atoms with Crippen LogP contribution in [0.1, 0.15) is 29.8 Å². The third-order valence-electron chi connectivity index (χ3n) is 4.21. The van der Waals surface area contributed by atoms with Gasteiger partial charge < -0.3 is 18.9 Å². The van der Waals surface area contributed by atoms with Gasteiger partial charge in [-0.25, -0.2) is 10.5 Å². The molecule has 0 radical (unpaired) electrons. The standard InChI is InChI=1S/C22H24N2O6/c1-14(15-12-19(28-3)22(30-5)20(13-15)29-4)16-10-11-18(27-2)17(23-16)8-6-7-9-21(25)24-26/h10-13,26H,1,7,9H2,2-5H3,(H,24,25). The van der Waals surface area contributed by atoms with E-state index >= 15 is 0 Å². The molecule has 1 aromatic heterocycles. The largest absolute Gasteiger partial charge is 0.494 e. The summed E-state index contributed by atoms with van der Waals surface area (Å²) in [7, 11) is 6.14. The molecular weight excluding hydrogens is 388 g/mol. The van der Waals surface area contributed by atoms with E-state index in [0.717, 1.165) is 5.56 Å². The van der Waals surface area contributed by atoms with Crippen LogP contribution in [0.4, 0.5) is 0 Å². The van der Waals surface area contributed by atoms with Crippen LogP contribution < -0.4 is 24.4 Å². The zero-order valence-corrected chi connectivity index (χ0v) is 17.4. The van der Waals surface area contributed by atoms with Crippen LogP contribution in [0.2, 0.25) is 0 Å². The highest BCUT2D eigenvalue weighted by atomic mass is 16.5. The number of hydrogen-bond donors (Lipinski definition) is 2. The number of carbonyl (C=O) groups is 1. The highest BCUT2D eigenvalue weighted by molar-refractivity contribution is 5.79. The van der Waals surface area contributed by atoms with Crippen molar-refractivity contribution in [3.05, 3.63) is 47.8 Å². The molecule has 2 N–H and O–H groups in total. The van der Waals surface area contributed by atoms with Gasteiger partial charge >= 0.3 is 0 Å². The first-order chi connectivity index (χ1) is 14.5. The number of amides is 1. The molecule has 0 fully saturated rings. The summed E-state index contributed by atoms with van der Waals surface area (Å²) in [5.74, 6) is 7.22. The maximum Gasteiger partial charge on any atom is 0.244 e. The quantitative estimate of drug-likeness (QED) is 0.391. The number of hydrogen-bond acceptors (Lipinski definition) is 7. The predicted molar refractivity (Wildman–Crippen MR) is 111 cm³/mol. The molecule has 0 aliphatic heterocycles. The summed E-state index contributed by atoms with van der Waals surface area (Å²) in [6.07, 6.45) is 0.332. The highest BCUT2D eigenvalue weighted by Crippen LogP contribution is 2.40. The molecule has 1 amide bonds. The Hall–Kier alpha value is -3.70. The van der Waals surface area contributed by atoms with Crippen molar-refractivity contribution >= 4 is 11.5 Å². The lowest BCUT2D eigenvalue weighted by Gasteiger charge is -2.15. The Labute approximate surface area is 175 Å². The molecule has 0 saturated carbocycles. The molecular formula is C22H24N2O6. The van der Waals surface area contributed by atoms with Gasteiger partial charge in [0.2, 0.25) is 11.7 Å². The second-order valence-electron chi connectivity index (χ2n) is 5.98. The van der Waals surface area contributed by atoms with Gasteiger partial charge in [0.15, 0.2) is 22.9 Å². The first-order valence-corrected chi connectivity index (χ1v) is 8.95. The van der Waals surface area contributed by atoms with Gasteiger partial charge in [-0.05, 0) is 35.7 Å². The highest BCUT2D eigenvalue weighted by Gasteiger charge is 2.16. The van der Waals surface area contributed by atoms with Gasteiger partial charge in [0, 0.05) is 18.4 Å². The Bertz CT molecular complexity index is 966. The second kappa shape index (κ2) is 10.7. The molecule has 2 rings (SSSR count). The van der Waals surface area contributed by atoms with Gasteiger partial charge in [0.05, 0.1) is 34.1 Å². The van der Waals surface area contributed by atoms with Gasteiger partial charge in [-0.3, -0.25) is 10.0 Å². The van der Waals surface area contributed by atoms with Crippen molar-refractivity contribution in [2.75, 3.05) is 28.4 Å².